The molecule has 0 aliphatic heterocycles. The van der Waals surface area contributed by atoms with E-state index in [0.717, 1.165) is 0 Å². The van der Waals surface area contributed by atoms with Gasteiger partial charge in [0, 0.05) is 50.9 Å². The van der Waals surface area contributed by atoms with Crippen molar-refractivity contribution < 1.29 is 50.9 Å². The first-order chi connectivity index (χ1) is 0. The molecule has 0 aromatic rings. The van der Waals surface area contributed by atoms with Crippen LogP contribution in [0.15, 0.2) is 0 Å². The molecule has 0 bridgehead atoms. The molecule has 0 unspecified atom stereocenters. The second kappa shape index (κ2) is 24.4. The molecule has 0 saturated heterocycles. The van der Waals surface area contributed by atoms with Crippen molar-refractivity contribution in [3.63, 3.8) is 0 Å². The zero-order chi connectivity index (χ0) is 0. The fourth-order valence-electron chi connectivity index (χ4n) is 0. The van der Waals surface area contributed by atoms with E-state index in [2.05, 4.69) is 0 Å². The van der Waals surface area contributed by atoms with Gasteiger partial charge >= 0.3 is 0 Å². The van der Waals surface area contributed by atoms with Gasteiger partial charge in [0.05, 0.1) is 0 Å². The minimum Gasteiger partial charge on any atom is -0.344 e. The van der Waals surface area contributed by atoms with Gasteiger partial charge in [-0.15, -0.1) is 0 Å². The first-order valence-corrected chi connectivity index (χ1v) is 0. The average molecular weight is 188 g/mol. The monoisotopic (exact) mass is 188 g/mol. The molecular formula is H3CoFe2N. The third-order valence-corrected chi connectivity index (χ3v) is 0. The van der Waals surface area contributed by atoms with Crippen LogP contribution in [0.25, 0.3) is 0 Å². The maximum atomic E-state index is 0. The first-order valence-electron chi connectivity index (χ1n) is 0. The second-order valence-corrected chi connectivity index (χ2v) is 0. The van der Waals surface area contributed by atoms with Crippen molar-refractivity contribution in [1.29, 1.82) is 0 Å². The summed E-state index contributed by atoms with van der Waals surface area (Å²) in [7, 11) is 0. The van der Waals surface area contributed by atoms with Gasteiger partial charge in [0.2, 0.25) is 0 Å². The van der Waals surface area contributed by atoms with E-state index < -0.39 is 0 Å². The van der Waals surface area contributed by atoms with Crippen LogP contribution >= 0.6 is 0 Å². The van der Waals surface area contributed by atoms with Gasteiger partial charge in [-0.25, -0.2) is 0 Å². The van der Waals surface area contributed by atoms with Crippen molar-refractivity contribution in [2.75, 3.05) is 0 Å². The molecule has 0 fully saturated rings. The smallest absolute Gasteiger partial charge is 0 e. The second-order valence-electron chi connectivity index (χ2n) is 0. The van der Waals surface area contributed by atoms with Gasteiger partial charge in [0.25, 0.3) is 0 Å². The van der Waals surface area contributed by atoms with E-state index in [-0.39, 0.29) is 57.1 Å². The summed E-state index contributed by atoms with van der Waals surface area (Å²) >= 11 is 0. The predicted molar refractivity (Wildman–Crippen MR) is 5.02 cm³/mol. The summed E-state index contributed by atoms with van der Waals surface area (Å²) in [5.41, 5.74) is 0. The van der Waals surface area contributed by atoms with Gasteiger partial charge in [-0.05, 0) is 0 Å². The summed E-state index contributed by atoms with van der Waals surface area (Å²) in [6, 6.07) is 0. The molecule has 0 rings (SSSR count). The normalized spacial score (nSPS) is 0. The maximum Gasteiger partial charge on any atom is 0 e. The summed E-state index contributed by atoms with van der Waals surface area (Å²) in [6.45, 7) is 0. The van der Waals surface area contributed by atoms with Crippen LogP contribution in [-0.2, 0) is 50.9 Å². The standard InChI is InChI=1S/Co.2Fe.H3N/h;;;1H3. The Bertz CT molecular complexity index is 6.00. The van der Waals surface area contributed by atoms with Gasteiger partial charge in [0.1, 0.15) is 0 Å². The molecular weight excluding hydrogens is 185 g/mol. The quantitative estimate of drug-likeness (QED) is 0.539. The van der Waals surface area contributed by atoms with Crippen molar-refractivity contribution in [3.8, 4) is 0 Å². The largest absolute Gasteiger partial charge is 0.344 e. The van der Waals surface area contributed by atoms with Crippen molar-refractivity contribution in [2.24, 2.45) is 0 Å². The molecule has 1 radical (unpaired) electrons. The number of rotatable bonds is 0. The number of hydrogen-bond acceptors (Lipinski definition) is 1. The van der Waals surface area contributed by atoms with Crippen molar-refractivity contribution in [2.45, 2.75) is 0 Å². The summed E-state index contributed by atoms with van der Waals surface area (Å²) < 4.78 is 0. The third kappa shape index (κ3) is 9.71. The van der Waals surface area contributed by atoms with Crippen LogP contribution in [0.2, 0.25) is 0 Å². The van der Waals surface area contributed by atoms with E-state index in [1.807, 2.05) is 0 Å². The summed E-state index contributed by atoms with van der Waals surface area (Å²) in [4.78, 5) is 0. The SMILES string of the molecule is N.[Co].[Fe].[Fe]. The topological polar surface area (TPSA) is 35.0 Å². The van der Waals surface area contributed by atoms with E-state index in [9.17, 15) is 0 Å². The zero-order valence-electron chi connectivity index (χ0n) is 1.75. The summed E-state index contributed by atoms with van der Waals surface area (Å²) in [5.74, 6) is 0. The Hall–Kier alpha value is 1.51. The van der Waals surface area contributed by atoms with Gasteiger partial charge in [-0.3, -0.25) is 0 Å². The van der Waals surface area contributed by atoms with Crippen LogP contribution < -0.4 is 6.15 Å². The van der Waals surface area contributed by atoms with E-state index >= 15 is 0 Å². The molecule has 1 nitrogen and oxygen atoms in total. The Morgan fingerprint density at radius 1 is 0.750 bits per heavy atom. The molecule has 0 aliphatic rings. The van der Waals surface area contributed by atoms with Crippen LogP contribution in [-0.4, -0.2) is 0 Å². The van der Waals surface area contributed by atoms with Gasteiger partial charge in [-0.1, -0.05) is 0 Å². The van der Waals surface area contributed by atoms with Gasteiger partial charge < -0.3 is 6.15 Å². The van der Waals surface area contributed by atoms with E-state index in [0.29, 0.717) is 0 Å². The minimum atomic E-state index is 0. The van der Waals surface area contributed by atoms with Crippen molar-refractivity contribution in [3.05, 3.63) is 0 Å². The summed E-state index contributed by atoms with van der Waals surface area (Å²) in [5, 5.41) is 0. The Balaban J connectivity index is 0. The molecule has 3 N–H and O–H groups in total. The van der Waals surface area contributed by atoms with E-state index in [4.69, 9.17) is 0 Å². The third-order valence-electron chi connectivity index (χ3n) is 0. The van der Waals surface area contributed by atoms with Crippen LogP contribution in [0.5, 0.6) is 0 Å². The average Bonchev–Trinajstić information content (AvgIpc) is 0. The van der Waals surface area contributed by atoms with Gasteiger partial charge in [0.15, 0.2) is 0 Å². The predicted octanol–water partition coefficient (Wildman–Crippen LogP) is 0.154. The van der Waals surface area contributed by atoms with Crippen LogP contribution in [0.3, 0.4) is 0 Å². The van der Waals surface area contributed by atoms with Crippen LogP contribution in [0.1, 0.15) is 0 Å². The Kier molecular flexibility index (Phi) is 301. The molecule has 0 aromatic carbocycles. The van der Waals surface area contributed by atoms with Gasteiger partial charge in [-0.2, -0.15) is 0 Å². The zero-order valence-corrected chi connectivity index (χ0v) is 5.00. The fourth-order valence-corrected chi connectivity index (χ4v) is 0. The van der Waals surface area contributed by atoms with E-state index in [1.165, 1.54) is 0 Å². The van der Waals surface area contributed by atoms with E-state index in [1.54, 1.807) is 0 Å². The van der Waals surface area contributed by atoms with Crippen LogP contribution in [0.4, 0.5) is 0 Å². The molecule has 0 heterocycles. The minimum absolute atomic E-state index is 0. The molecule has 33 valence electrons. The molecule has 0 aromatic heterocycles. The molecule has 0 atom stereocenters. The van der Waals surface area contributed by atoms with Crippen molar-refractivity contribution >= 4 is 0 Å². The molecule has 0 spiro atoms. The summed E-state index contributed by atoms with van der Waals surface area (Å²) in [6.07, 6.45) is 0. The van der Waals surface area contributed by atoms with Crippen molar-refractivity contribution in [1.82, 2.24) is 6.15 Å². The maximum absolute atomic E-state index is 0. The molecule has 0 amide bonds. The Morgan fingerprint density at radius 2 is 0.750 bits per heavy atom. The Morgan fingerprint density at radius 3 is 0.750 bits per heavy atom. The molecule has 4 heavy (non-hydrogen) atoms. The van der Waals surface area contributed by atoms with Crippen LogP contribution in [0, 0.1) is 0 Å². The first kappa shape index (κ1) is 49.3. The molecule has 0 aliphatic carbocycles. The molecule has 4 heteroatoms. The Labute approximate surface area is 57.0 Å². The molecule has 0 saturated carbocycles. The fraction of sp³-hybridized carbons (Fsp3) is 0. The number of hydrogen-bond donors (Lipinski definition) is 1.